The number of ether oxygens (including phenoxy) is 1. The maximum atomic E-state index is 13.2. The average Bonchev–Trinajstić information content (AvgIpc) is 3.36. The number of amides is 1. The Balaban J connectivity index is 1.25. The summed E-state index contributed by atoms with van der Waals surface area (Å²) in [7, 11) is 0. The molecule has 1 amide bonds. The lowest BCUT2D eigenvalue weighted by Crippen LogP contribution is -2.48. The van der Waals surface area contributed by atoms with Crippen LogP contribution >= 0.6 is 0 Å². The number of carbonyl (C=O) groups excluding carboxylic acids is 2. The number of rotatable bonds is 5. The quantitative estimate of drug-likeness (QED) is 0.317. The number of aryl methyl sites for hydroxylation is 1. The zero-order valence-corrected chi connectivity index (χ0v) is 23.8. The first-order valence-electron chi connectivity index (χ1n) is 14.8. The molecule has 0 unspecified atom stereocenters. The highest BCUT2D eigenvalue weighted by Gasteiger charge is 2.30. The van der Waals surface area contributed by atoms with Crippen molar-refractivity contribution in [3.63, 3.8) is 0 Å². The van der Waals surface area contributed by atoms with Gasteiger partial charge in [0.15, 0.2) is 5.78 Å². The summed E-state index contributed by atoms with van der Waals surface area (Å²) in [5, 5.41) is 0.929. The highest BCUT2D eigenvalue weighted by atomic mass is 16.6. The fraction of sp³-hybridized carbons (Fsp3) is 0.500. The molecule has 1 aromatic carbocycles. The molecule has 2 aromatic heterocycles. The number of fused-ring (bicyclic) bond motifs is 4. The number of carbonyl (C=O) groups is 2. The van der Waals surface area contributed by atoms with Crippen LogP contribution in [0.25, 0.3) is 22.3 Å². The van der Waals surface area contributed by atoms with Gasteiger partial charge in [-0.2, -0.15) is 0 Å². The second kappa shape index (κ2) is 10.8. The van der Waals surface area contributed by atoms with E-state index in [2.05, 4.69) is 11.8 Å². The molecular weight excluding hydrogens is 504 g/mol. The van der Waals surface area contributed by atoms with Gasteiger partial charge in [-0.25, -0.2) is 9.78 Å². The van der Waals surface area contributed by atoms with Crippen LogP contribution in [0, 0.1) is 6.92 Å². The number of hydrogen-bond acceptors (Lipinski definition) is 6. The molecule has 0 spiro atoms. The van der Waals surface area contributed by atoms with E-state index in [1.807, 2.05) is 30.0 Å². The van der Waals surface area contributed by atoms with Crippen molar-refractivity contribution in [1.29, 1.82) is 0 Å². The van der Waals surface area contributed by atoms with Gasteiger partial charge in [0, 0.05) is 47.6 Å². The van der Waals surface area contributed by atoms with Gasteiger partial charge in [-0.05, 0) is 81.9 Å². The largest absolute Gasteiger partial charge is 0.415 e. The first kappa shape index (κ1) is 26.7. The van der Waals surface area contributed by atoms with Gasteiger partial charge in [-0.3, -0.25) is 9.59 Å². The molecule has 0 bridgehead atoms. The predicted octanol–water partition coefficient (Wildman–Crippen LogP) is 5.34. The van der Waals surface area contributed by atoms with E-state index in [4.69, 9.17) is 9.72 Å². The van der Waals surface area contributed by atoms with Crippen molar-refractivity contribution in [3.05, 3.63) is 56.9 Å². The van der Waals surface area contributed by atoms with Gasteiger partial charge in [-0.1, -0.05) is 20.3 Å². The van der Waals surface area contributed by atoms with Crippen molar-refractivity contribution in [3.8, 4) is 17.1 Å². The number of hydrogen-bond donors (Lipinski definition) is 0. The van der Waals surface area contributed by atoms with Crippen LogP contribution in [0.3, 0.4) is 0 Å². The molecule has 8 heteroatoms. The number of ketones is 1. The highest BCUT2D eigenvalue weighted by molar-refractivity contribution is 5.98. The third kappa shape index (κ3) is 4.62. The molecule has 5 heterocycles. The van der Waals surface area contributed by atoms with Gasteiger partial charge >= 0.3 is 6.09 Å². The summed E-state index contributed by atoms with van der Waals surface area (Å²) >= 11 is 0. The Morgan fingerprint density at radius 1 is 1.02 bits per heavy atom. The molecule has 210 valence electrons. The van der Waals surface area contributed by atoms with Crippen LogP contribution in [-0.4, -0.2) is 63.4 Å². The monoisotopic (exact) mass is 542 g/mol. The van der Waals surface area contributed by atoms with Crippen molar-refractivity contribution < 1.29 is 14.3 Å². The Labute approximate surface area is 234 Å². The van der Waals surface area contributed by atoms with Gasteiger partial charge < -0.3 is 19.1 Å². The van der Waals surface area contributed by atoms with Crippen LogP contribution in [0.4, 0.5) is 4.79 Å². The number of piperidine rings is 2. The number of aromatic nitrogens is 2. The average molecular weight is 543 g/mol. The molecule has 0 N–H and O–H groups in total. The number of Topliss-reactive ketones (excluding diaryl/α,β-unsaturated/α-hetero) is 1. The molecule has 3 aliphatic heterocycles. The highest BCUT2D eigenvalue weighted by Crippen LogP contribution is 2.37. The van der Waals surface area contributed by atoms with Crippen LogP contribution in [0.2, 0.25) is 0 Å². The van der Waals surface area contributed by atoms with E-state index >= 15 is 0 Å². The van der Waals surface area contributed by atoms with Crippen LogP contribution in [0.5, 0.6) is 5.75 Å². The third-order valence-electron chi connectivity index (χ3n) is 9.09. The molecule has 3 aliphatic rings. The van der Waals surface area contributed by atoms with E-state index < -0.39 is 0 Å². The van der Waals surface area contributed by atoms with Crippen molar-refractivity contribution in [2.24, 2.45) is 0 Å². The molecule has 8 nitrogen and oxygen atoms in total. The summed E-state index contributed by atoms with van der Waals surface area (Å²) in [4.78, 5) is 48.2. The number of nitrogens with zero attached hydrogens (tertiary/aromatic N) is 4. The second-order valence-electron chi connectivity index (χ2n) is 11.4. The minimum atomic E-state index is -0.300. The van der Waals surface area contributed by atoms with E-state index in [9.17, 15) is 14.4 Å². The molecule has 6 rings (SSSR count). The van der Waals surface area contributed by atoms with Gasteiger partial charge in [0.25, 0.3) is 5.56 Å². The summed E-state index contributed by atoms with van der Waals surface area (Å²) in [6.07, 6.45) is 6.67. The summed E-state index contributed by atoms with van der Waals surface area (Å²) in [5.74, 6) is 0.469. The molecule has 0 radical (unpaired) electrons. The lowest BCUT2D eigenvalue weighted by atomic mass is 9.98. The first-order chi connectivity index (χ1) is 19.4. The first-order valence-corrected chi connectivity index (χ1v) is 14.8. The van der Waals surface area contributed by atoms with Gasteiger partial charge in [-0.15, -0.1) is 0 Å². The zero-order valence-electron chi connectivity index (χ0n) is 23.8. The summed E-state index contributed by atoms with van der Waals surface area (Å²) in [6, 6.07) is 7.98. The third-order valence-corrected chi connectivity index (χ3v) is 9.09. The lowest BCUT2D eigenvalue weighted by Gasteiger charge is -2.39. The molecule has 0 atom stereocenters. The standard InChI is InChI=1S/C32H38N4O4/c1-4-23-25-17-22(40-32(39)35-15-11-21(12-16-35)34-13-7-6-8-14-34)9-10-27(25)33-30-26(23)19-36-28(30)18-24(29(37)5-2)20(3)31(36)38/h9-10,17-18,21H,4-8,11-16,19H2,1-3H3. The minimum absolute atomic E-state index is 0.0369. The van der Waals surface area contributed by atoms with Crippen molar-refractivity contribution in [1.82, 2.24) is 19.4 Å². The van der Waals surface area contributed by atoms with Crippen LogP contribution in [0.1, 0.15) is 79.4 Å². The maximum absolute atomic E-state index is 13.2. The zero-order chi connectivity index (χ0) is 28.0. The fourth-order valence-electron chi connectivity index (χ4n) is 6.80. The Morgan fingerprint density at radius 3 is 2.48 bits per heavy atom. The molecule has 2 fully saturated rings. The fourth-order valence-corrected chi connectivity index (χ4v) is 6.80. The predicted molar refractivity (Wildman–Crippen MR) is 155 cm³/mol. The molecular formula is C32H38N4O4. The lowest BCUT2D eigenvalue weighted by molar-refractivity contribution is 0.0878. The Morgan fingerprint density at radius 2 is 1.77 bits per heavy atom. The Bertz CT molecular complexity index is 1540. The van der Waals surface area contributed by atoms with Crippen molar-refractivity contribution >= 4 is 22.8 Å². The van der Waals surface area contributed by atoms with E-state index in [0.29, 0.717) is 41.6 Å². The molecule has 3 aromatic rings. The van der Waals surface area contributed by atoms with E-state index in [1.165, 1.54) is 32.4 Å². The van der Waals surface area contributed by atoms with E-state index in [0.717, 1.165) is 60.1 Å². The van der Waals surface area contributed by atoms with Crippen LogP contribution < -0.4 is 10.3 Å². The normalized spacial score (nSPS) is 17.6. The number of pyridine rings is 2. The molecule has 0 saturated carbocycles. The van der Waals surface area contributed by atoms with Crippen LogP contribution in [0.15, 0.2) is 29.1 Å². The van der Waals surface area contributed by atoms with E-state index in [1.54, 1.807) is 17.6 Å². The second-order valence-corrected chi connectivity index (χ2v) is 11.4. The summed E-state index contributed by atoms with van der Waals surface area (Å²) in [5.41, 5.74) is 5.14. The Kier molecular flexibility index (Phi) is 7.21. The van der Waals surface area contributed by atoms with Gasteiger partial charge in [0.2, 0.25) is 0 Å². The Hall–Kier alpha value is -3.52. The maximum Gasteiger partial charge on any atom is 0.415 e. The topological polar surface area (TPSA) is 84.7 Å². The van der Waals surface area contributed by atoms with Gasteiger partial charge in [0.1, 0.15) is 5.75 Å². The van der Waals surface area contributed by atoms with Gasteiger partial charge in [0.05, 0.1) is 23.4 Å². The molecule has 2 saturated heterocycles. The smallest absolute Gasteiger partial charge is 0.410 e. The van der Waals surface area contributed by atoms with E-state index in [-0.39, 0.29) is 17.4 Å². The number of likely N-dealkylation sites (tertiary alicyclic amines) is 2. The molecule has 0 aliphatic carbocycles. The SMILES string of the molecule is CCC(=O)c1cc2n(c(=O)c1C)Cc1c-2nc2ccc(OC(=O)N3CCC(N4CCCCC4)CC3)cc2c1CC. The number of benzene rings is 1. The minimum Gasteiger partial charge on any atom is -0.410 e. The summed E-state index contributed by atoms with van der Waals surface area (Å²) < 4.78 is 7.59. The van der Waals surface area contributed by atoms with Crippen molar-refractivity contribution in [2.75, 3.05) is 26.2 Å². The van der Waals surface area contributed by atoms with Crippen LogP contribution in [-0.2, 0) is 13.0 Å². The van der Waals surface area contributed by atoms with Crippen molar-refractivity contribution in [2.45, 2.75) is 78.3 Å². The molecule has 40 heavy (non-hydrogen) atoms. The summed E-state index contributed by atoms with van der Waals surface area (Å²) in [6.45, 7) is 9.85.